The van der Waals surface area contributed by atoms with E-state index in [1.807, 2.05) is 36.1 Å². The Labute approximate surface area is 155 Å². The number of hydrogen-bond acceptors (Lipinski definition) is 5. The third kappa shape index (κ3) is 2.84. The van der Waals surface area contributed by atoms with Gasteiger partial charge >= 0.3 is 0 Å². The third-order valence-electron chi connectivity index (χ3n) is 4.64. The van der Waals surface area contributed by atoms with E-state index in [0.717, 1.165) is 5.56 Å². The molecule has 25 heavy (non-hydrogen) atoms. The van der Waals surface area contributed by atoms with Crippen LogP contribution in [0.3, 0.4) is 0 Å². The molecule has 0 bridgehead atoms. The fraction of sp³-hybridized carbons (Fsp3) is 0.353. The highest BCUT2D eigenvalue weighted by Crippen LogP contribution is 2.40. The number of rotatable bonds is 2. The largest absolute Gasteiger partial charge is 0.377 e. The van der Waals surface area contributed by atoms with Crippen molar-refractivity contribution in [2.24, 2.45) is 0 Å². The second-order valence-corrected chi connectivity index (χ2v) is 6.84. The Morgan fingerprint density at radius 2 is 2.04 bits per heavy atom. The predicted molar refractivity (Wildman–Crippen MR) is 96.3 cm³/mol. The molecule has 0 spiro atoms. The van der Waals surface area contributed by atoms with Crippen molar-refractivity contribution in [3.63, 3.8) is 0 Å². The smallest absolute Gasteiger partial charge is 0.252 e. The summed E-state index contributed by atoms with van der Waals surface area (Å²) in [6.45, 7) is 3.46. The van der Waals surface area contributed by atoms with Crippen LogP contribution >= 0.6 is 23.2 Å². The zero-order valence-electron chi connectivity index (χ0n) is 13.5. The second-order valence-electron chi connectivity index (χ2n) is 6.07. The Bertz CT molecular complexity index is 815. The molecule has 6 nitrogen and oxygen atoms in total. The van der Waals surface area contributed by atoms with Crippen molar-refractivity contribution >= 4 is 40.6 Å². The van der Waals surface area contributed by atoms with Crippen LogP contribution in [0.2, 0.25) is 10.3 Å². The van der Waals surface area contributed by atoms with Crippen LogP contribution in [0.15, 0.2) is 30.5 Å². The van der Waals surface area contributed by atoms with Crippen molar-refractivity contribution < 1.29 is 9.53 Å². The molecule has 0 aliphatic carbocycles. The maximum Gasteiger partial charge on any atom is 0.252 e. The van der Waals surface area contributed by atoms with Crippen LogP contribution in [0.1, 0.15) is 18.5 Å². The van der Waals surface area contributed by atoms with Gasteiger partial charge in [-0.15, -0.1) is 0 Å². The summed E-state index contributed by atoms with van der Waals surface area (Å²) in [5, 5.41) is 0.820. The fourth-order valence-corrected chi connectivity index (χ4v) is 3.61. The third-order valence-corrected chi connectivity index (χ3v) is 5.08. The van der Waals surface area contributed by atoms with E-state index >= 15 is 0 Å². The number of benzene rings is 1. The number of carbonyl (C=O) groups is 1. The van der Waals surface area contributed by atoms with E-state index in [-0.39, 0.29) is 17.2 Å². The van der Waals surface area contributed by atoms with Gasteiger partial charge in [0.05, 0.1) is 25.5 Å². The first-order valence-corrected chi connectivity index (χ1v) is 8.77. The van der Waals surface area contributed by atoms with Gasteiger partial charge in [0.15, 0.2) is 5.82 Å². The lowest BCUT2D eigenvalue weighted by Crippen LogP contribution is -2.59. The van der Waals surface area contributed by atoms with E-state index in [9.17, 15) is 4.79 Å². The number of fused-ring (bicyclic) bond motifs is 3. The summed E-state index contributed by atoms with van der Waals surface area (Å²) in [5.41, 5.74) is 1.64. The monoisotopic (exact) mass is 378 g/mol. The Balaban J connectivity index is 1.80. The van der Waals surface area contributed by atoms with Crippen molar-refractivity contribution in [1.82, 2.24) is 9.97 Å². The summed E-state index contributed by atoms with van der Waals surface area (Å²) in [7, 11) is 0. The van der Waals surface area contributed by atoms with Gasteiger partial charge in [-0.2, -0.15) is 4.98 Å². The quantitative estimate of drug-likeness (QED) is 0.751. The molecule has 3 heterocycles. The Morgan fingerprint density at radius 3 is 2.80 bits per heavy atom. The molecule has 2 aliphatic heterocycles. The van der Waals surface area contributed by atoms with E-state index in [4.69, 9.17) is 27.9 Å². The Kier molecular flexibility index (Phi) is 4.27. The van der Waals surface area contributed by atoms with Crippen molar-refractivity contribution in [2.45, 2.75) is 19.0 Å². The molecule has 4 rings (SSSR count). The molecule has 1 amide bonds. The number of amides is 1. The van der Waals surface area contributed by atoms with Crippen LogP contribution in [-0.2, 0) is 9.53 Å². The number of morpholine rings is 1. The molecule has 1 unspecified atom stereocenters. The second kappa shape index (κ2) is 6.44. The molecule has 0 N–H and O–H groups in total. The highest BCUT2D eigenvalue weighted by atomic mass is 35.5. The van der Waals surface area contributed by atoms with Gasteiger partial charge in [-0.05, 0) is 36.2 Å². The molecule has 0 radical (unpaired) electrons. The molecular weight excluding hydrogens is 363 g/mol. The van der Waals surface area contributed by atoms with Gasteiger partial charge in [0.2, 0.25) is 5.28 Å². The van der Waals surface area contributed by atoms with Crippen molar-refractivity contribution in [3.05, 3.63) is 46.3 Å². The molecule has 0 saturated carbocycles. The van der Waals surface area contributed by atoms with Crippen LogP contribution in [0.25, 0.3) is 0 Å². The average Bonchev–Trinajstić information content (AvgIpc) is 2.63. The van der Waals surface area contributed by atoms with E-state index in [2.05, 4.69) is 9.97 Å². The molecule has 2 aromatic rings. The molecule has 1 fully saturated rings. The standard InChI is InChI=1S/C17H16Cl2N4O2/c1-10(11-2-4-12(18)5-3-11)23-13-8-20-17(19)21-15(13)22-6-7-25-9-14(22)16(23)24/h2-5,8,10,14H,6-7,9H2,1H3/t10?,14-/m1/s1. The van der Waals surface area contributed by atoms with E-state index in [0.29, 0.717) is 36.3 Å². The highest BCUT2D eigenvalue weighted by Gasteiger charge is 2.43. The molecule has 8 heteroatoms. The average molecular weight is 379 g/mol. The minimum Gasteiger partial charge on any atom is -0.377 e. The lowest BCUT2D eigenvalue weighted by atomic mass is 10.0. The summed E-state index contributed by atoms with van der Waals surface area (Å²) in [6, 6.07) is 6.87. The van der Waals surface area contributed by atoms with Crippen LogP contribution in [-0.4, -0.2) is 41.7 Å². The fourth-order valence-electron chi connectivity index (χ4n) is 3.36. The van der Waals surface area contributed by atoms with E-state index < -0.39 is 6.04 Å². The lowest BCUT2D eigenvalue weighted by Gasteiger charge is -2.45. The van der Waals surface area contributed by atoms with Crippen LogP contribution in [0.5, 0.6) is 0 Å². The summed E-state index contributed by atoms with van der Waals surface area (Å²) in [4.78, 5) is 25.3. The first kappa shape index (κ1) is 16.6. The van der Waals surface area contributed by atoms with E-state index in [1.165, 1.54) is 0 Å². The normalized spacial score (nSPS) is 20.9. The summed E-state index contributed by atoms with van der Waals surface area (Å²) >= 11 is 12.0. The van der Waals surface area contributed by atoms with Gasteiger partial charge in [-0.25, -0.2) is 4.98 Å². The van der Waals surface area contributed by atoms with Crippen LogP contribution < -0.4 is 9.80 Å². The Hall–Kier alpha value is -1.89. The summed E-state index contributed by atoms with van der Waals surface area (Å²) in [6.07, 6.45) is 1.61. The van der Waals surface area contributed by atoms with Gasteiger partial charge in [-0.3, -0.25) is 9.69 Å². The highest BCUT2D eigenvalue weighted by molar-refractivity contribution is 6.30. The number of aromatic nitrogens is 2. The SMILES string of the molecule is CC(c1ccc(Cl)cc1)N1C(=O)[C@H]2COCCN2c2nc(Cl)ncc21. The molecule has 1 aromatic heterocycles. The van der Waals surface area contributed by atoms with Crippen LogP contribution in [0, 0.1) is 0 Å². The van der Waals surface area contributed by atoms with Crippen molar-refractivity contribution in [3.8, 4) is 0 Å². The first-order chi connectivity index (χ1) is 12.1. The molecule has 1 saturated heterocycles. The van der Waals surface area contributed by atoms with Gasteiger partial charge in [0, 0.05) is 11.6 Å². The van der Waals surface area contributed by atoms with Gasteiger partial charge in [0.25, 0.3) is 5.91 Å². The maximum atomic E-state index is 13.2. The Morgan fingerprint density at radius 1 is 1.28 bits per heavy atom. The van der Waals surface area contributed by atoms with E-state index in [1.54, 1.807) is 11.1 Å². The topological polar surface area (TPSA) is 58.6 Å². The number of halogens is 2. The van der Waals surface area contributed by atoms with Crippen molar-refractivity contribution in [2.75, 3.05) is 29.6 Å². The first-order valence-electron chi connectivity index (χ1n) is 8.01. The number of anilines is 2. The minimum absolute atomic E-state index is 0.0272. The summed E-state index contributed by atoms with van der Waals surface area (Å²) < 4.78 is 5.52. The number of hydrogen-bond donors (Lipinski definition) is 0. The molecule has 2 atom stereocenters. The predicted octanol–water partition coefficient (Wildman–Crippen LogP) is 3.10. The van der Waals surface area contributed by atoms with Gasteiger partial charge < -0.3 is 9.64 Å². The van der Waals surface area contributed by atoms with Gasteiger partial charge in [-0.1, -0.05) is 23.7 Å². The molecule has 2 aliphatic rings. The zero-order valence-corrected chi connectivity index (χ0v) is 15.0. The van der Waals surface area contributed by atoms with Crippen molar-refractivity contribution in [1.29, 1.82) is 0 Å². The molecular formula is C17H16Cl2N4O2. The van der Waals surface area contributed by atoms with Crippen LogP contribution in [0.4, 0.5) is 11.5 Å². The minimum atomic E-state index is -0.401. The summed E-state index contributed by atoms with van der Waals surface area (Å²) in [5.74, 6) is 0.647. The number of carbonyl (C=O) groups excluding carboxylic acids is 1. The molecule has 1 aromatic carbocycles. The molecule has 130 valence electrons. The number of ether oxygens (including phenoxy) is 1. The maximum absolute atomic E-state index is 13.2. The number of nitrogens with zero attached hydrogens (tertiary/aromatic N) is 4. The van der Waals surface area contributed by atoms with Gasteiger partial charge in [0.1, 0.15) is 11.7 Å². The zero-order chi connectivity index (χ0) is 17.6. The lowest BCUT2D eigenvalue weighted by molar-refractivity contribution is -0.123.